The van der Waals surface area contributed by atoms with Crippen LogP contribution in [0.25, 0.3) is 0 Å². The third kappa shape index (κ3) is 5.57. The Morgan fingerprint density at radius 1 is 1.00 bits per heavy atom. The van der Waals surface area contributed by atoms with Crippen molar-refractivity contribution < 1.29 is 18.8 Å². The van der Waals surface area contributed by atoms with E-state index in [0.29, 0.717) is 17.1 Å². The molecule has 3 amide bonds. The molecular weight excluding hydrogens is 402 g/mol. The number of carbonyl (C=O) groups excluding carboxylic acids is 3. The summed E-state index contributed by atoms with van der Waals surface area (Å²) in [6.07, 6.45) is 1.44. The quantitative estimate of drug-likeness (QED) is 0.513. The minimum absolute atomic E-state index is 0.0619. The van der Waals surface area contributed by atoms with Gasteiger partial charge < -0.3 is 20.4 Å². The fourth-order valence-electron chi connectivity index (χ4n) is 2.76. The van der Waals surface area contributed by atoms with Crippen molar-refractivity contribution in [2.24, 2.45) is 5.92 Å². The van der Waals surface area contributed by atoms with Gasteiger partial charge in [0.25, 0.3) is 11.8 Å². The number of anilines is 1. The van der Waals surface area contributed by atoms with Gasteiger partial charge in [0.05, 0.1) is 11.1 Å². The van der Waals surface area contributed by atoms with E-state index in [4.69, 9.17) is 4.42 Å². The molecule has 0 aliphatic rings. The average molecular weight is 426 g/mol. The molecule has 0 bridgehead atoms. The van der Waals surface area contributed by atoms with Crippen LogP contribution < -0.4 is 16.0 Å². The Kier molecular flexibility index (Phi) is 7.03. The number of carbonyl (C=O) groups is 3. The van der Waals surface area contributed by atoms with Crippen LogP contribution in [0.4, 0.5) is 5.69 Å². The molecule has 156 valence electrons. The van der Waals surface area contributed by atoms with Crippen LogP contribution >= 0.6 is 11.3 Å². The van der Waals surface area contributed by atoms with Crippen LogP contribution in [0.1, 0.15) is 39.6 Å². The zero-order valence-corrected chi connectivity index (χ0v) is 17.5. The van der Waals surface area contributed by atoms with Crippen LogP contribution in [0.15, 0.2) is 64.6 Å². The number of furan rings is 1. The van der Waals surface area contributed by atoms with Gasteiger partial charge in [0.2, 0.25) is 5.91 Å². The fourth-order valence-corrected chi connectivity index (χ4v) is 3.39. The summed E-state index contributed by atoms with van der Waals surface area (Å²) in [5.74, 6) is -0.660. The highest BCUT2D eigenvalue weighted by atomic mass is 32.1. The van der Waals surface area contributed by atoms with E-state index in [1.165, 1.54) is 17.6 Å². The normalized spacial score (nSPS) is 11.7. The van der Waals surface area contributed by atoms with E-state index in [0.717, 1.165) is 5.56 Å². The first-order valence-electron chi connectivity index (χ1n) is 9.50. The Balaban J connectivity index is 1.53. The Hall–Kier alpha value is -3.39. The number of benzene rings is 1. The molecule has 0 saturated carbocycles. The Morgan fingerprint density at radius 2 is 1.77 bits per heavy atom. The molecule has 0 fully saturated rings. The number of hydrogen-bond acceptors (Lipinski definition) is 5. The van der Waals surface area contributed by atoms with Crippen molar-refractivity contribution in [1.82, 2.24) is 10.6 Å². The number of hydrogen-bond donors (Lipinski definition) is 3. The molecule has 3 N–H and O–H groups in total. The van der Waals surface area contributed by atoms with Gasteiger partial charge in [-0.2, -0.15) is 0 Å². The Bertz CT molecular complexity index is 980. The van der Waals surface area contributed by atoms with Crippen molar-refractivity contribution in [3.05, 3.63) is 76.4 Å². The lowest BCUT2D eigenvalue weighted by Gasteiger charge is -2.21. The Labute approximate surface area is 178 Å². The summed E-state index contributed by atoms with van der Waals surface area (Å²) in [6, 6.07) is 13.2. The van der Waals surface area contributed by atoms with Crippen molar-refractivity contribution >= 4 is 34.7 Å². The van der Waals surface area contributed by atoms with Gasteiger partial charge in [-0.15, -0.1) is 11.3 Å². The molecule has 3 aromatic rings. The highest BCUT2D eigenvalue weighted by Gasteiger charge is 2.24. The molecule has 30 heavy (non-hydrogen) atoms. The first kappa shape index (κ1) is 21.3. The molecule has 2 aromatic heterocycles. The highest BCUT2D eigenvalue weighted by Crippen LogP contribution is 2.13. The van der Waals surface area contributed by atoms with Gasteiger partial charge in [-0.05, 0) is 47.2 Å². The highest BCUT2D eigenvalue weighted by molar-refractivity contribution is 7.12. The third-order valence-electron chi connectivity index (χ3n) is 4.40. The maximum atomic E-state index is 12.6. The molecule has 1 unspecified atom stereocenters. The monoisotopic (exact) mass is 425 g/mol. The lowest BCUT2D eigenvalue weighted by molar-refractivity contribution is -0.124. The van der Waals surface area contributed by atoms with E-state index in [9.17, 15) is 14.4 Å². The second-order valence-electron chi connectivity index (χ2n) is 7.02. The van der Waals surface area contributed by atoms with Gasteiger partial charge in [-0.1, -0.05) is 32.0 Å². The molecule has 8 heteroatoms. The molecule has 7 nitrogen and oxygen atoms in total. The van der Waals surface area contributed by atoms with Crippen molar-refractivity contribution in [2.75, 3.05) is 5.32 Å². The van der Waals surface area contributed by atoms with Crippen LogP contribution in [-0.2, 0) is 11.3 Å². The standard InChI is InChI=1S/C22H23N3O4S/c1-14(2)19(25-21(27)18-6-4-12-30-18)22(28)23-13-15-7-9-16(10-8-15)24-20(26)17-5-3-11-29-17/h3-12,14,19H,13H2,1-2H3,(H,23,28)(H,24,26)(H,25,27). The fraction of sp³-hybridized carbons (Fsp3) is 0.227. The van der Waals surface area contributed by atoms with Crippen LogP contribution in [0.3, 0.4) is 0 Å². The molecule has 3 rings (SSSR count). The molecule has 0 aliphatic carbocycles. The van der Waals surface area contributed by atoms with Crippen molar-refractivity contribution in [1.29, 1.82) is 0 Å². The van der Waals surface area contributed by atoms with Gasteiger partial charge in [0.1, 0.15) is 6.04 Å². The van der Waals surface area contributed by atoms with E-state index in [2.05, 4.69) is 16.0 Å². The van der Waals surface area contributed by atoms with Crippen molar-refractivity contribution in [3.63, 3.8) is 0 Å². The second kappa shape index (κ2) is 9.89. The molecule has 2 heterocycles. The van der Waals surface area contributed by atoms with Crippen LogP contribution in [-0.4, -0.2) is 23.8 Å². The maximum Gasteiger partial charge on any atom is 0.291 e. The lowest BCUT2D eigenvalue weighted by atomic mass is 10.0. The van der Waals surface area contributed by atoms with Gasteiger partial charge in [0, 0.05) is 12.2 Å². The predicted octanol–water partition coefficient (Wildman–Crippen LogP) is 3.66. The molecule has 0 radical (unpaired) electrons. The van der Waals surface area contributed by atoms with Gasteiger partial charge in [-0.3, -0.25) is 14.4 Å². The summed E-state index contributed by atoms with van der Waals surface area (Å²) in [7, 11) is 0. The van der Waals surface area contributed by atoms with Crippen molar-refractivity contribution in [3.8, 4) is 0 Å². The molecular formula is C22H23N3O4S. The molecule has 1 aromatic carbocycles. The van der Waals surface area contributed by atoms with Gasteiger partial charge in [-0.25, -0.2) is 0 Å². The maximum absolute atomic E-state index is 12.6. The van der Waals surface area contributed by atoms with Crippen LogP contribution in [0, 0.1) is 5.92 Å². The Morgan fingerprint density at radius 3 is 2.37 bits per heavy atom. The van der Waals surface area contributed by atoms with Crippen LogP contribution in [0.2, 0.25) is 0 Å². The smallest absolute Gasteiger partial charge is 0.291 e. The number of rotatable bonds is 8. The molecule has 0 saturated heterocycles. The van der Waals surface area contributed by atoms with Crippen molar-refractivity contribution in [2.45, 2.75) is 26.4 Å². The number of amides is 3. The van der Waals surface area contributed by atoms with Gasteiger partial charge in [0.15, 0.2) is 5.76 Å². The number of nitrogens with one attached hydrogen (secondary N) is 3. The average Bonchev–Trinajstić information content (AvgIpc) is 3.45. The van der Waals surface area contributed by atoms with Crippen LogP contribution in [0.5, 0.6) is 0 Å². The zero-order valence-electron chi connectivity index (χ0n) is 16.7. The molecule has 0 aliphatic heterocycles. The summed E-state index contributed by atoms with van der Waals surface area (Å²) in [5, 5.41) is 10.2. The summed E-state index contributed by atoms with van der Waals surface area (Å²) in [4.78, 5) is 37.5. The molecule has 0 spiro atoms. The second-order valence-corrected chi connectivity index (χ2v) is 7.97. The van der Waals surface area contributed by atoms with E-state index >= 15 is 0 Å². The first-order chi connectivity index (χ1) is 14.4. The molecule has 1 atom stereocenters. The van der Waals surface area contributed by atoms with Gasteiger partial charge >= 0.3 is 0 Å². The third-order valence-corrected chi connectivity index (χ3v) is 5.27. The minimum atomic E-state index is -0.633. The zero-order chi connectivity index (χ0) is 21.5. The summed E-state index contributed by atoms with van der Waals surface area (Å²) in [5.41, 5.74) is 1.49. The summed E-state index contributed by atoms with van der Waals surface area (Å²) in [6.45, 7) is 4.08. The largest absolute Gasteiger partial charge is 0.459 e. The summed E-state index contributed by atoms with van der Waals surface area (Å²) >= 11 is 1.33. The minimum Gasteiger partial charge on any atom is -0.459 e. The van der Waals surface area contributed by atoms with E-state index in [1.54, 1.807) is 36.4 Å². The number of thiophene rings is 1. The van der Waals surface area contributed by atoms with E-state index < -0.39 is 6.04 Å². The predicted molar refractivity (Wildman–Crippen MR) is 115 cm³/mol. The van der Waals surface area contributed by atoms with E-state index in [-0.39, 0.29) is 29.4 Å². The first-order valence-corrected chi connectivity index (χ1v) is 10.4. The SMILES string of the molecule is CC(C)C(NC(=O)c1cccs1)C(=O)NCc1ccc(NC(=O)c2ccco2)cc1. The van der Waals surface area contributed by atoms with E-state index in [1.807, 2.05) is 31.4 Å². The summed E-state index contributed by atoms with van der Waals surface area (Å²) < 4.78 is 5.06. The topological polar surface area (TPSA) is 100 Å². The lowest BCUT2D eigenvalue weighted by Crippen LogP contribution is -2.49.